The predicted octanol–water partition coefficient (Wildman–Crippen LogP) is 2.80. The number of aliphatic hydroxyl groups is 1. The van der Waals surface area contributed by atoms with Gasteiger partial charge in [0, 0.05) is 26.2 Å². The number of ether oxygens (including phenoxy) is 1. The van der Waals surface area contributed by atoms with Crippen molar-refractivity contribution in [3.05, 3.63) is 29.8 Å². The van der Waals surface area contributed by atoms with Crippen LogP contribution >= 0.6 is 0 Å². The molecule has 1 heterocycles. The number of rotatable bonds is 4. The van der Waals surface area contributed by atoms with Crippen LogP contribution in [0.5, 0.6) is 5.75 Å². The Balaban J connectivity index is 1.94. The molecule has 0 spiro atoms. The first kappa shape index (κ1) is 19.9. The van der Waals surface area contributed by atoms with Crippen molar-refractivity contribution in [3.8, 4) is 5.75 Å². The van der Waals surface area contributed by atoms with Crippen LogP contribution in [-0.2, 0) is 4.79 Å². The fourth-order valence-corrected chi connectivity index (χ4v) is 4.09. The summed E-state index contributed by atoms with van der Waals surface area (Å²) < 4.78 is 41.8. The van der Waals surface area contributed by atoms with Crippen LogP contribution in [0.4, 0.5) is 13.2 Å². The van der Waals surface area contributed by atoms with Crippen molar-refractivity contribution in [1.29, 1.82) is 0 Å². The zero-order chi connectivity index (χ0) is 19.5. The number of carbonyl (C=O) groups excluding carboxylic acids is 1. The highest BCUT2D eigenvalue weighted by Crippen LogP contribution is 2.42. The van der Waals surface area contributed by atoms with E-state index in [0.717, 1.165) is 19.3 Å². The molecular formula is C19H25F3N2O3. The van der Waals surface area contributed by atoms with Crippen LogP contribution in [0.3, 0.4) is 0 Å². The first-order valence-electron chi connectivity index (χ1n) is 9.36. The van der Waals surface area contributed by atoms with Crippen LogP contribution in [0.2, 0.25) is 0 Å². The number of nitrogens with zero attached hydrogens (tertiary/aromatic N) is 1. The Labute approximate surface area is 156 Å². The van der Waals surface area contributed by atoms with Gasteiger partial charge in [-0.1, -0.05) is 31.4 Å². The molecule has 1 aliphatic heterocycles. The highest BCUT2D eigenvalue weighted by Gasteiger charge is 2.45. The first-order chi connectivity index (χ1) is 12.8. The molecule has 1 atom stereocenters. The lowest BCUT2D eigenvalue weighted by molar-refractivity contribution is -0.274. The molecule has 1 aliphatic carbocycles. The number of nitrogens with one attached hydrogen (secondary N) is 1. The van der Waals surface area contributed by atoms with Gasteiger partial charge in [-0.15, -0.1) is 13.2 Å². The molecule has 2 N–H and O–H groups in total. The molecule has 0 bridgehead atoms. The van der Waals surface area contributed by atoms with E-state index >= 15 is 0 Å². The maximum Gasteiger partial charge on any atom is 0.573 e. The average molecular weight is 386 g/mol. The van der Waals surface area contributed by atoms with Crippen LogP contribution < -0.4 is 10.1 Å². The molecule has 0 unspecified atom stereocenters. The maximum absolute atomic E-state index is 13.3. The fraction of sp³-hybridized carbons (Fsp3) is 0.632. The van der Waals surface area contributed by atoms with Gasteiger partial charge in [0.1, 0.15) is 5.75 Å². The molecule has 2 aliphatic rings. The van der Waals surface area contributed by atoms with Gasteiger partial charge in [-0.3, -0.25) is 4.79 Å². The molecule has 1 amide bonds. The van der Waals surface area contributed by atoms with E-state index < -0.39 is 17.9 Å². The molecule has 0 radical (unpaired) electrons. The molecule has 8 heteroatoms. The summed E-state index contributed by atoms with van der Waals surface area (Å²) in [7, 11) is 0. The van der Waals surface area contributed by atoms with Gasteiger partial charge in [-0.25, -0.2) is 0 Å². The van der Waals surface area contributed by atoms with Crippen molar-refractivity contribution in [2.75, 3.05) is 26.2 Å². The van der Waals surface area contributed by atoms with Crippen LogP contribution in [0.15, 0.2) is 24.3 Å². The Morgan fingerprint density at radius 2 is 1.85 bits per heavy atom. The van der Waals surface area contributed by atoms with E-state index in [1.165, 1.54) is 18.2 Å². The molecule has 5 nitrogen and oxygen atoms in total. The molecule has 3 rings (SSSR count). The Hall–Kier alpha value is -1.80. The molecular weight excluding hydrogens is 361 g/mol. The summed E-state index contributed by atoms with van der Waals surface area (Å²) in [4.78, 5) is 15.0. The van der Waals surface area contributed by atoms with E-state index in [4.69, 9.17) is 0 Å². The quantitative estimate of drug-likeness (QED) is 0.836. The second kappa shape index (κ2) is 8.06. The minimum absolute atomic E-state index is 0.231. The van der Waals surface area contributed by atoms with Crippen LogP contribution in [0, 0.1) is 0 Å². The van der Waals surface area contributed by atoms with E-state index in [9.17, 15) is 23.1 Å². The van der Waals surface area contributed by atoms with Crippen molar-refractivity contribution in [2.45, 2.75) is 50.0 Å². The summed E-state index contributed by atoms with van der Waals surface area (Å²) in [5, 5.41) is 14.5. The largest absolute Gasteiger partial charge is 0.573 e. The second-order valence-corrected chi connectivity index (χ2v) is 7.29. The number of amides is 1. The number of alkyl halides is 3. The van der Waals surface area contributed by atoms with Gasteiger partial charge in [0.25, 0.3) is 0 Å². The van der Waals surface area contributed by atoms with Crippen LogP contribution in [-0.4, -0.2) is 54.1 Å². The second-order valence-electron chi connectivity index (χ2n) is 7.29. The van der Waals surface area contributed by atoms with E-state index in [2.05, 4.69) is 10.1 Å². The molecule has 27 heavy (non-hydrogen) atoms. The van der Waals surface area contributed by atoms with E-state index in [-0.39, 0.29) is 11.7 Å². The molecule has 150 valence electrons. The van der Waals surface area contributed by atoms with E-state index in [0.29, 0.717) is 44.6 Å². The summed E-state index contributed by atoms with van der Waals surface area (Å²) in [5.74, 6) is -1.50. The standard InChI is InChI=1S/C19H25F3N2O3/c20-19(21,22)27-15-6-4-5-14(13-15)16(18(26)7-2-1-3-8-18)17(25)24-11-9-23-10-12-24/h4-6,13,16,23,26H,1-3,7-12H2/t16-/m1/s1. The smallest absolute Gasteiger partial charge is 0.406 e. The molecule has 1 aromatic rings. The fourth-order valence-electron chi connectivity index (χ4n) is 4.09. The summed E-state index contributed by atoms with van der Waals surface area (Å²) in [5.41, 5.74) is -0.887. The number of hydrogen-bond acceptors (Lipinski definition) is 4. The number of benzene rings is 1. The maximum atomic E-state index is 13.3. The van der Waals surface area contributed by atoms with Gasteiger partial charge in [-0.05, 0) is 30.5 Å². The lowest BCUT2D eigenvalue weighted by atomic mass is 9.72. The number of piperazine rings is 1. The van der Waals surface area contributed by atoms with Crippen LogP contribution in [0.1, 0.15) is 43.6 Å². The predicted molar refractivity (Wildman–Crippen MR) is 93.4 cm³/mol. The van der Waals surface area contributed by atoms with E-state index in [1.807, 2.05) is 0 Å². The molecule has 2 fully saturated rings. The monoisotopic (exact) mass is 386 g/mol. The van der Waals surface area contributed by atoms with E-state index in [1.54, 1.807) is 11.0 Å². The zero-order valence-corrected chi connectivity index (χ0v) is 15.1. The van der Waals surface area contributed by atoms with Gasteiger partial charge in [0.2, 0.25) is 5.91 Å². The highest BCUT2D eigenvalue weighted by atomic mass is 19.4. The van der Waals surface area contributed by atoms with Crippen LogP contribution in [0.25, 0.3) is 0 Å². The first-order valence-corrected chi connectivity index (χ1v) is 9.36. The molecule has 1 saturated heterocycles. The topological polar surface area (TPSA) is 61.8 Å². The number of hydrogen-bond donors (Lipinski definition) is 2. The lowest BCUT2D eigenvalue weighted by Crippen LogP contribution is -2.53. The summed E-state index contributed by atoms with van der Waals surface area (Å²) in [6.45, 7) is 2.36. The Kier molecular flexibility index (Phi) is 5.95. The Morgan fingerprint density at radius 3 is 2.48 bits per heavy atom. The van der Waals surface area contributed by atoms with Gasteiger partial charge >= 0.3 is 6.36 Å². The van der Waals surface area contributed by atoms with Gasteiger partial charge < -0.3 is 20.1 Å². The third kappa shape index (κ3) is 4.93. The lowest BCUT2D eigenvalue weighted by Gasteiger charge is -2.41. The Bertz CT molecular complexity index is 654. The van der Waals surface area contributed by atoms with Crippen molar-refractivity contribution in [1.82, 2.24) is 10.2 Å². The summed E-state index contributed by atoms with van der Waals surface area (Å²) in [6, 6.07) is 5.46. The molecule has 1 saturated carbocycles. The van der Waals surface area contributed by atoms with Crippen molar-refractivity contribution in [2.24, 2.45) is 0 Å². The average Bonchev–Trinajstić information content (AvgIpc) is 2.62. The van der Waals surface area contributed by atoms with Crippen molar-refractivity contribution >= 4 is 5.91 Å². The summed E-state index contributed by atoms with van der Waals surface area (Å²) >= 11 is 0. The minimum atomic E-state index is -4.81. The SMILES string of the molecule is O=C([C@@H](c1cccc(OC(F)(F)F)c1)C1(O)CCCCC1)N1CCNCC1. The van der Waals surface area contributed by atoms with Gasteiger partial charge in [0.15, 0.2) is 0 Å². The molecule has 1 aromatic carbocycles. The highest BCUT2D eigenvalue weighted by molar-refractivity contribution is 5.85. The number of halogens is 3. The third-order valence-electron chi connectivity index (χ3n) is 5.36. The zero-order valence-electron chi connectivity index (χ0n) is 15.1. The normalized spacial score (nSPS) is 21.6. The molecule has 0 aromatic heterocycles. The third-order valence-corrected chi connectivity index (χ3v) is 5.36. The van der Waals surface area contributed by atoms with Crippen molar-refractivity contribution in [3.63, 3.8) is 0 Å². The Morgan fingerprint density at radius 1 is 1.19 bits per heavy atom. The minimum Gasteiger partial charge on any atom is -0.406 e. The van der Waals surface area contributed by atoms with Gasteiger partial charge in [0.05, 0.1) is 11.5 Å². The van der Waals surface area contributed by atoms with Gasteiger partial charge in [-0.2, -0.15) is 0 Å². The van der Waals surface area contributed by atoms with Crippen molar-refractivity contribution < 1.29 is 27.8 Å². The summed E-state index contributed by atoms with van der Waals surface area (Å²) in [6.07, 6.45) is -1.33. The number of carbonyl (C=O) groups is 1.